The SMILES string of the molecule is CN(C)CCc1ccccc1NC(=O)C(=O)N1CCCC(c2cc3ccccc3[nH]2)C1. The number of rotatable bonds is 5. The third-order valence-electron chi connectivity index (χ3n) is 5.99. The van der Waals surface area contributed by atoms with E-state index in [0.717, 1.165) is 42.6 Å². The molecule has 1 unspecified atom stereocenters. The summed E-state index contributed by atoms with van der Waals surface area (Å²) in [6.07, 6.45) is 2.70. The number of benzene rings is 2. The lowest BCUT2D eigenvalue weighted by atomic mass is 9.94. The summed E-state index contributed by atoms with van der Waals surface area (Å²) in [6, 6.07) is 18.0. The first kappa shape index (κ1) is 21.1. The van der Waals surface area contributed by atoms with Gasteiger partial charge >= 0.3 is 11.8 Å². The Labute approximate surface area is 183 Å². The zero-order valence-corrected chi connectivity index (χ0v) is 18.2. The van der Waals surface area contributed by atoms with Crippen molar-refractivity contribution in [1.82, 2.24) is 14.8 Å². The molecule has 2 aromatic carbocycles. The van der Waals surface area contributed by atoms with Crippen LogP contribution in [-0.4, -0.2) is 60.3 Å². The number of amides is 2. The molecule has 1 atom stereocenters. The molecule has 0 spiro atoms. The highest BCUT2D eigenvalue weighted by molar-refractivity contribution is 6.39. The smallest absolute Gasteiger partial charge is 0.313 e. The maximum atomic E-state index is 12.9. The summed E-state index contributed by atoms with van der Waals surface area (Å²) in [5, 5.41) is 4.03. The molecule has 0 aliphatic carbocycles. The lowest BCUT2D eigenvalue weighted by Crippen LogP contribution is -2.44. The summed E-state index contributed by atoms with van der Waals surface area (Å²) >= 11 is 0. The number of hydrogen-bond donors (Lipinski definition) is 2. The lowest BCUT2D eigenvalue weighted by molar-refractivity contribution is -0.144. The number of nitrogens with zero attached hydrogens (tertiary/aromatic N) is 2. The molecule has 162 valence electrons. The van der Waals surface area contributed by atoms with Gasteiger partial charge in [-0.25, -0.2) is 0 Å². The molecule has 1 aliphatic rings. The van der Waals surface area contributed by atoms with Gasteiger partial charge in [0.05, 0.1) is 0 Å². The number of nitrogens with one attached hydrogen (secondary N) is 2. The molecule has 31 heavy (non-hydrogen) atoms. The number of likely N-dealkylation sites (N-methyl/N-ethyl adjacent to an activating group) is 1. The number of aromatic nitrogens is 1. The standard InChI is InChI=1S/C25H30N4O2/c1-28(2)15-13-18-8-3-5-11-21(18)27-24(30)25(31)29-14-7-10-20(17-29)23-16-19-9-4-6-12-22(19)26-23/h3-6,8-9,11-12,16,20,26H,7,10,13-15,17H2,1-2H3,(H,27,30). The van der Waals surface area contributed by atoms with Crippen molar-refractivity contribution in [3.05, 3.63) is 65.9 Å². The highest BCUT2D eigenvalue weighted by atomic mass is 16.2. The van der Waals surface area contributed by atoms with Gasteiger partial charge in [0.1, 0.15) is 0 Å². The number of H-pyrrole nitrogens is 1. The highest BCUT2D eigenvalue weighted by Crippen LogP contribution is 2.29. The molecule has 6 nitrogen and oxygen atoms in total. The Morgan fingerprint density at radius 2 is 1.90 bits per heavy atom. The van der Waals surface area contributed by atoms with Crippen LogP contribution in [-0.2, 0) is 16.0 Å². The molecule has 1 saturated heterocycles. The van der Waals surface area contributed by atoms with Crippen LogP contribution in [0.1, 0.15) is 30.0 Å². The van der Waals surface area contributed by atoms with E-state index in [9.17, 15) is 9.59 Å². The van der Waals surface area contributed by atoms with Crippen LogP contribution < -0.4 is 5.32 Å². The summed E-state index contributed by atoms with van der Waals surface area (Å²) in [5.41, 5.74) is 3.99. The molecule has 2 heterocycles. The molecular formula is C25H30N4O2. The Balaban J connectivity index is 1.42. The van der Waals surface area contributed by atoms with Crippen molar-refractivity contribution in [2.45, 2.75) is 25.2 Å². The average Bonchev–Trinajstić information content (AvgIpc) is 3.22. The number of carbonyl (C=O) groups is 2. The first-order valence-corrected chi connectivity index (χ1v) is 10.9. The van der Waals surface area contributed by atoms with E-state index < -0.39 is 11.8 Å². The Morgan fingerprint density at radius 3 is 2.71 bits per heavy atom. The number of fused-ring (bicyclic) bond motifs is 1. The van der Waals surface area contributed by atoms with Gasteiger partial charge in [0.2, 0.25) is 0 Å². The van der Waals surface area contributed by atoms with E-state index in [0.29, 0.717) is 18.8 Å². The fourth-order valence-corrected chi connectivity index (χ4v) is 4.25. The summed E-state index contributed by atoms with van der Waals surface area (Å²) in [7, 11) is 4.04. The number of piperidine rings is 1. The first-order valence-electron chi connectivity index (χ1n) is 10.9. The molecule has 2 amide bonds. The Kier molecular flexibility index (Phi) is 6.37. The van der Waals surface area contributed by atoms with Crippen molar-refractivity contribution in [1.29, 1.82) is 0 Å². The summed E-state index contributed by atoms with van der Waals surface area (Å²) < 4.78 is 0. The van der Waals surface area contributed by atoms with Crippen molar-refractivity contribution >= 4 is 28.4 Å². The van der Waals surface area contributed by atoms with Gasteiger partial charge in [-0.05, 0) is 62.5 Å². The first-order chi connectivity index (χ1) is 15.0. The van der Waals surface area contributed by atoms with Crippen LogP contribution in [0.5, 0.6) is 0 Å². The van der Waals surface area contributed by atoms with E-state index >= 15 is 0 Å². The van der Waals surface area contributed by atoms with Gasteiger partial charge < -0.3 is 20.1 Å². The van der Waals surface area contributed by atoms with Crippen LogP contribution in [0.4, 0.5) is 5.69 Å². The number of likely N-dealkylation sites (tertiary alicyclic amines) is 1. The second-order valence-corrected chi connectivity index (χ2v) is 8.57. The quantitative estimate of drug-likeness (QED) is 0.622. The molecule has 0 radical (unpaired) electrons. The topological polar surface area (TPSA) is 68.4 Å². The zero-order chi connectivity index (χ0) is 21.8. The van der Waals surface area contributed by atoms with E-state index in [2.05, 4.69) is 33.4 Å². The zero-order valence-electron chi connectivity index (χ0n) is 18.2. The van der Waals surface area contributed by atoms with Crippen molar-refractivity contribution in [2.75, 3.05) is 39.0 Å². The maximum Gasteiger partial charge on any atom is 0.313 e. The Morgan fingerprint density at radius 1 is 1.13 bits per heavy atom. The third-order valence-corrected chi connectivity index (χ3v) is 5.99. The molecular weight excluding hydrogens is 388 g/mol. The Bertz CT molecular complexity index is 1040. The molecule has 6 heteroatoms. The van der Waals surface area contributed by atoms with Crippen LogP contribution in [0.3, 0.4) is 0 Å². The summed E-state index contributed by atoms with van der Waals surface area (Å²) in [6.45, 7) is 2.05. The second-order valence-electron chi connectivity index (χ2n) is 8.57. The molecule has 4 rings (SSSR count). The van der Waals surface area contributed by atoms with Crippen LogP contribution in [0, 0.1) is 0 Å². The van der Waals surface area contributed by atoms with Gasteiger partial charge in [-0.3, -0.25) is 9.59 Å². The number of para-hydroxylation sites is 2. The summed E-state index contributed by atoms with van der Waals surface area (Å²) in [5.74, 6) is -0.803. The molecule has 1 aromatic heterocycles. The van der Waals surface area contributed by atoms with Crippen LogP contribution in [0.25, 0.3) is 10.9 Å². The van der Waals surface area contributed by atoms with E-state index in [1.54, 1.807) is 4.90 Å². The normalized spacial score (nSPS) is 16.6. The molecule has 3 aromatic rings. The van der Waals surface area contributed by atoms with Gasteiger partial charge in [0, 0.05) is 42.5 Å². The third kappa shape index (κ3) is 4.97. The van der Waals surface area contributed by atoms with Crippen LogP contribution >= 0.6 is 0 Å². The van der Waals surface area contributed by atoms with Gasteiger partial charge in [-0.15, -0.1) is 0 Å². The monoisotopic (exact) mass is 418 g/mol. The predicted molar refractivity (Wildman–Crippen MR) is 124 cm³/mol. The molecule has 0 bridgehead atoms. The second kappa shape index (κ2) is 9.35. The molecule has 1 fully saturated rings. The number of aromatic amines is 1. The molecule has 2 N–H and O–H groups in total. The van der Waals surface area contributed by atoms with Gasteiger partial charge in [-0.2, -0.15) is 0 Å². The van der Waals surface area contributed by atoms with Crippen molar-refractivity contribution < 1.29 is 9.59 Å². The average molecular weight is 419 g/mol. The number of carbonyl (C=O) groups excluding carboxylic acids is 2. The maximum absolute atomic E-state index is 12.9. The van der Waals surface area contributed by atoms with Gasteiger partial charge in [0.25, 0.3) is 0 Å². The summed E-state index contributed by atoms with van der Waals surface area (Å²) in [4.78, 5) is 33.0. The van der Waals surface area contributed by atoms with Crippen LogP contribution in [0.2, 0.25) is 0 Å². The predicted octanol–water partition coefficient (Wildman–Crippen LogP) is 3.62. The Hall–Kier alpha value is -3.12. The van der Waals surface area contributed by atoms with E-state index in [4.69, 9.17) is 0 Å². The fourth-order valence-electron chi connectivity index (χ4n) is 4.25. The lowest BCUT2D eigenvalue weighted by Gasteiger charge is -2.32. The fraction of sp³-hybridized carbons (Fsp3) is 0.360. The van der Waals surface area contributed by atoms with Gasteiger partial charge in [-0.1, -0.05) is 36.4 Å². The minimum atomic E-state index is -0.561. The van der Waals surface area contributed by atoms with Crippen molar-refractivity contribution in [3.63, 3.8) is 0 Å². The van der Waals surface area contributed by atoms with E-state index in [-0.39, 0.29) is 5.92 Å². The number of hydrogen-bond acceptors (Lipinski definition) is 3. The van der Waals surface area contributed by atoms with Crippen molar-refractivity contribution in [3.8, 4) is 0 Å². The molecule has 0 saturated carbocycles. The van der Waals surface area contributed by atoms with E-state index in [1.165, 1.54) is 5.39 Å². The largest absolute Gasteiger partial charge is 0.358 e. The highest BCUT2D eigenvalue weighted by Gasteiger charge is 2.29. The molecule has 1 aliphatic heterocycles. The minimum absolute atomic E-state index is 0.213. The van der Waals surface area contributed by atoms with Crippen molar-refractivity contribution in [2.24, 2.45) is 0 Å². The van der Waals surface area contributed by atoms with E-state index in [1.807, 2.05) is 50.5 Å². The van der Waals surface area contributed by atoms with Gasteiger partial charge in [0.15, 0.2) is 0 Å². The number of anilines is 1. The van der Waals surface area contributed by atoms with Crippen LogP contribution in [0.15, 0.2) is 54.6 Å². The minimum Gasteiger partial charge on any atom is -0.358 e.